The molecule has 1 aliphatic heterocycles. The van der Waals surface area contributed by atoms with E-state index in [0.29, 0.717) is 30.5 Å². The number of allylic oxidation sites excluding steroid dienone is 2. The molecule has 8 nitrogen and oxygen atoms in total. The molecule has 0 saturated heterocycles. The van der Waals surface area contributed by atoms with E-state index < -0.39 is 11.6 Å². The third-order valence-electron chi connectivity index (χ3n) is 9.45. The molecule has 5 rings (SSSR count). The Kier molecular flexibility index (Phi) is 8.28. The molecule has 2 N–H and O–H groups in total. The van der Waals surface area contributed by atoms with E-state index >= 15 is 0 Å². The second-order valence-corrected chi connectivity index (χ2v) is 13.3. The molecule has 0 atom stereocenters. The van der Waals surface area contributed by atoms with E-state index in [4.69, 9.17) is 4.74 Å². The van der Waals surface area contributed by atoms with Crippen molar-refractivity contribution < 1.29 is 19.4 Å². The van der Waals surface area contributed by atoms with Gasteiger partial charge >= 0.3 is 6.09 Å². The standard InChI is InChI=1S/C34H46N4O4/c1-7-37(24-17-34(18-24)19-25(20-34)38(32(40)41)33(3,4)5)29-15-11-14-27-26(29)13-10-8-9-12-23-16-22(2)36-31(42-6)28(23)21-35-30(27)39/h8,10-11,14-16,24-25H,7,9,12-13,17-21H2,1-6H3,(H,35,39)(H,40,41). The number of pyridine rings is 1. The van der Waals surface area contributed by atoms with Crippen LogP contribution in [0.3, 0.4) is 0 Å². The van der Waals surface area contributed by atoms with Gasteiger partial charge in [-0.05, 0) is 114 Å². The Balaban J connectivity index is 1.35. The minimum atomic E-state index is -0.825. The SMILES string of the molecule is CCN(c1cccc2c1CC=CCCc1cc(C)nc(OC)c1CNC2=O)C1CC2(C1)CC(N(C(=O)O)C(C)(C)C)C2. The average molecular weight is 575 g/mol. The van der Waals surface area contributed by atoms with E-state index in [-0.39, 0.29) is 17.4 Å². The van der Waals surface area contributed by atoms with Gasteiger partial charge in [-0.3, -0.25) is 4.79 Å². The lowest BCUT2D eigenvalue weighted by Gasteiger charge is -2.63. The molecule has 2 saturated carbocycles. The Morgan fingerprint density at radius 3 is 2.50 bits per heavy atom. The van der Waals surface area contributed by atoms with Crippen molar-refractivity contribution in [3.8, 4) is 5.88 Å². The van der Waals surface area contributed by atoms with Crippen LogP contribution in [-0.2, 0) is 19.4 Å². The second-order valence-electron chi connectivity index (χ2n) is 13.3. The maximum absolute atomic E-state index is 13.6. The fourth-order valence-electron chi connectivity index (χ4n) is 7.64. The third kappa shape index (κ3) is 5.72. The Bertz CT molecular complexity index is 1360. The van der Waals surface area contributed by atoms with Crippen LogP contribution in [0.1, 0.15) is 92.5 Å². The maximum atomic E-state index is 13.6. The Hall–Kier alpha value is -3.55. The number of rotatable bonds is 5. The van der Waals surface area contributed by atoms with Crippen LogP contribution in [0.5, 0.6) is 5.88 Å². The van der Waals surface area contributed by atoms with Gasteiger partial charge in [0.25, 0.3) is 5.91 Å². The molecule has 42 heavy (non-hydrogen) atoms. The van der Waals surface area contributed by atoms with Gasteiger partial charge in [-0.25, -0.2) is 9.78 Å². The number of carbonyl (C=O) groups excluding carboxylic acids is 1. The molecule has 1 aromatic carbocycles. The number of benzene rings is 1. The average Bonchev–Trinajstić information content (AvgIpc) is 2.88. The van der Waals surface area contributed by atoms with Crippen LogP contribution >= 0.6 is 0 Å². The molecule has 226 valence electrons. The molecule has 1 spiro atoms. The van der Waals surface area contributed by atoms with E-state index in [9.17, 15) is 14.7 Å². The van der Waals surface area contributed by atoms with Gasteiger partial charge in [0, 0.05) is 53.2 Å². The van der Waals surface area contributed by atoms with Crippen molar-refractivity contribution in [2.24, 2.45) is 5.41 Å². The van der Waals surface area contributed by atoms with Crippen LogP contribution in [0.25, 0.3) is 0 Å². The van der Waals surface area contributed by atoms with Gasteiger partial charge in [-0.2, -0.15) is 0 Å². The summed E-state index contributed by atoms with van der Waals surface area (Å²) in [5, 5.41) is 13.0. The monoisotopic (exact) mass is 574 g/mol. The maximum Gasteiger partial charge on any atom is 0.407 e. The normalized spacial score (nSPS) is 23.7. The van der Waals surface area contributed by atoms with Gasteiger partial charge in [0.05, 0.1) is 7.11 Å². The molecule has 0 radical (unpaired) electrons. The van der Waals surface area contributed by atoms with Gasteiger partial charge in [0.2, 0.25) is 5.88 Å². The number of nitrogens with one attached hydrogen (secondary N) is 1. The van der Waals surface area contributed by atoms with Crippen LogP contribution in [0.4, 0.5) is 10.5 Å². The number of aryl methyl sites for hydroxylation is 2. The van der Waals surface area contributed by atoms with Crippen molar-refractivity contribution >= 4 is 17.7 Å². The summed E-state index contributed by atoms with van der Waals surface area (Å²) in [5.74, 6) is 0.483. The van der Waals surface area contributed by atoms with E-state index in [1.807, 2.05) is 39.8 Å². The summed E-state index contributed by atoms with van der Waals surface area (Å²) in [6, 6.07) is 8.64. The summed E-state index contributed by atoms with van der Waals surface area (Å²) in [6.45, 7) is 11.3. The van der Waals surface area contributed by atoms with Crippen molar-refractivity contribution in [3.05, 3.63) is 64.4 Å². The first-order valence-corrected chi connectivity index (χ1v) is 15.3. The molecular formula is C34H46N4O4. The summed E-state index contributed by atoms with van der Waals surface area (Å²) >= 11 is 0. The van der Waals surface area contributed by atoms with Crippen molar-refractivity contribution in [3.63, 3.8) is 0 Å². The largest absolute Gasteiger partial charge is 0.481 e. The number of hydrogen-bond acceptors (Lipinski definition) is 5. The molecular weight excluding hydrogens is 528 g/mol. The van der Waals surface area contributed by atoms with Crippen LogP contribution in [0, 0.1) is 12.3 Å². The lowest BCUT2D eigenvalue weighted by molar-refractivity contribution is -0.0800. The predicted octanol–water partition coefficient (Wildman–Crippen LogP) is 6.29. The molecule has 2 heterocycles. The van der Waals surface area contributed by atoms with Gasteiger partial charge in [-0.15, -0.1) is 0 Å². The first-order valence-electron chi connectivity index (χ1n) is 15.3. The molecule has 1 aromatic heterocycles. The molecule has 3 aliphatic rings. The summed E-state index contributed by atoms with van der Waals surface area (Å²) in [7, 11) is 1.63. The predicted molar refractivity (Wildman–Crippen MR) is 165 cm³/mol. The minimum Gasteiger partial charge on any atom is -0.481 e. The number of aromatic nitrogens is 1. The summed E-state index contributed by atoms with van der Waals surface area (Å²) in [6.07, 6.45) is 10.0. The molecule has 0 unspecified atom stereocenters. The van der Waals surface area contributed by atoms with Crippen LogP contribution in [0.15, 0.2) is 36.4 Å². The number of nitrogens with zero attached hydrogens (tertiary/aromatic N) is 3. The number of amides is 2. The zero-order valence-corrected chi connectivity index (χ0v) is 26.0. The van der Waals surface area contributed by atoms with Gasteiger partial charge in [0.15, 0.2) is 0 Å². The highest BCUT2D eigenvalue weighted by Crippen LogP contribution is 2.59. The summed E-state index contributed by atoms with van der Waals surface area (Å²) in [4.78, 5) is 34.3. The minimum absolute atomic E-state index is 0.0895. The Labute approximate surface area is 250 Å². The van der Waals surface area contributed by atoms with Crippen molar-refractivity contribution in [2.45, 2.75) is 104 Å². The lowest BCUT2D eigenvalue weighted by Crippen LogP contribution is -2.64. The second kappa shape index (κ2) is 11.6. The van der Waals surface area contributed by atoms with Crippen molar-refractivity contribution in [1.82, 2.24) is 15.2 Å². The quantitative estimate of drug-likeness (QED) is 0.408. The van der Waals surface area contributed by atoms with E-state index in [1.165, 1.54) is 0 Å². The van der Waals surface area contributed by atoms with E-state index in [2.05, 4.69) is 46.4 Å². The number of carbonyl (C=O) groups is 2. The number of fused-ring (bicyclic) bond motifs is 2. The van der Waals surface area contributed by atoms with Gasteiger partial charge in [-0.1, -0.05) is 18.2 Å². The number of carboxylic acid groups (broad SMARTS) is 1. The molecule has 2 aliphatic carbocycles. The first kappa shape index (κ1) is 29.9. The molecule has 2 amide bonds. The number of hydrogen-bond donors (Lipinski definition) is 2. The van der Waals surface area contributed by atoms with Gasteiger partial charge < -0.3 is 25.0 Å². The Morgan fingerprint density at radius 1 is 1.14 bits per heavy atom. The zero-order chi connectivity index (χ0) is 30.2. The van der Waals surface area contributed by atoms with Crippen LogP contribution in [0.2, 0.25) is 0 Å². The molecule has 2 fully saturated rings. The highest BCUT2D eigenvalue weighted by Gasteiger charge is 2.57. The number of ether oxygens (including phenoxy) is 1. The summed E-state index contributed by atoms with van der Waals surface area (Å²) in [5.41, 5.74) is 5.71. The highest BCUT2D eigenvalue weighted by atomic mass is 16.5. The van der Waals surface area contributed by atoms with E-state index in [1.54, 1.807) is 12.0 Å². The number of anilines is 1. The topological polar surface area (TPSA) is 95.0 Å². The molecule has 0 bridgehead atoms. The Morgan fingerprint density at radius 2 is 1.86 bits per heavy atom. The lowest BCUT2D eigenvalue weighted by atomic mass is 9.51. The van der Waals surface area contributed by atoms with Crippen LogP contribution in [-0.4, -0.2) is 58.3 Å². The van der Waals surface area contributed by atoms with Crippen LogP contribution < -0.4 is 15.0 Å². The zero-order valence-electron chi connectivity index (χ0n) is 26.0. The van der Waals surface area contributed by atoms with Crippen molar-refractivity contribution in [1.29, 1.82) is 0 Å². The number of methoxy groups -OCH3 is 1. The fraction of sp³-hybridized carbons (Fsp3) is 0.559. The molecule has 2 aromatic rings. The van der Waals surface area contributed by atoms with E-state index in [0.717, 1.165) is 73.1 Å². The van der Waals surface area contributed by atoms with Gasteiger partial charge in [0.1, 0.15) is 0 Å². The third-order valence-corrected chi connectivity index (χ3v) is 9.45. The summed E-state index contributed by atoms with van der Waals surface area (Å²) < 4.78 is 5.59. The molecule has 8 heteroatoms. The first-order chi connectivity index (χ1) is 20.0. The van der Waals surface area contributed by atoms with Crippen molar-refractivity contribution in [2.75, 3.05) is 18.6 Å². The highest BCUT2D eigenvalue weighted by molar-refractivity contribution is 5.97. The smallest absolute Gasteiger partial charge is 0.407 e. The fourth-order valence-corrected chi connectivity index (χ4v) is 7.64.